The van der Waals surface area contributed by atoms with Crippen molar-refractivity contribution in [2.24, 2.45) is 0 Å². The summed E-state index contributed by atoms with van der Waals surface area (Å²) in [5.41, 5.74) is 4.80. The predicted molar refractivity (Wildman–Crippen MR) is 90.1 cm³/mol. The highest BCUT2D eigenvalue weighted by Crippen LogP contribution is 2.25. The number of fused-ring (bicyclic) bond motifs is 1. The summed E-state index contributed by atoms with van der Waals surface area (Å²) in [6, 6.07) is 16.2. The van der Waals surface area contributed by atoms with Gasteiger partial charge >= 0.3 is 6.03 Å². The summed E-state index contributed by atoms with van der Waals surface area (Å²) in [6.45, 7) is 2.08. The monoisotopic (exact) mass is 294 g/mol. The van der Waals surface area contributed by atoms with Crippen molar-refractivity contribution in [2.45, 2.75) is 38.6 Å². The number of aryl methyl sites for hydroxylation is 2. The average Bonchev–Trinajstić information content (AvgIpc) is 3.01. The normalized spacial score (nSPS) is 14.2. The zero-order chi connectivity index (χ0) is 15.4. The number of nitrogens with one attached hydrogen (secondary N) is 2. The number of carbonyl (C=O) groups is 1. The molecular formula is C19H22N2O. The van der Waals surface area contributed by atoms with E-state index in [0.717, 1.165) is 30.5 Å². The van der Waals surface area contributed by atoms with Crippen molar-refractivity contribution < 1.29 is 4.79 Å². The number of carbonyl (C=O) groups excluding carboxylic acids is 1. The topological polar surface area (TPSA) is 41.1 Å². The van der Waals surface area contributed by atoms with E-state index in [4.69, 9.17) is 0 Å². The quantitative estimate of drug-likeness (QED) is 0.859. The lowest BCUT2D eigenvalue weighted by atomic mass is 10.1. The molecule has 3 nitrogen and oxygen atoms in total. The lowest BCUT2D eigenvalue weighted by Crippen LogP contribution is -2.32. The summed E-state index contributed by atoms with van der Waals surface area (Å²) < 4.78 is 0. The zero-order valence-corrected chi connectivity index (χ0v) is 12.9. The molecule has 0 aliphatic heterocycles. The Balaban J connectivity index is 1.64. The summed E-state index contributed by atoms with van der Waals surface area (Å²) >= 11 is 0. The number of urea groups is 1. The molecule has 22 heavy (non-hydrogen) atoms. The van der Waals surface area contributed by atoms with Gasteiger partial charge in [0.15, 0.2) is 0 Å². The SMILES string of the molecule is CC[C@H](NC(=O)Nc1ccc2c(c1)CCC2)c1ccccc1. The molecule has 2 aromatic rings. The first-order valence-electron chi connectivity index (χ1n) is 8.00. The maximum Gasteiger partial charge on any atom is 0.319 e. The molecule has 0 spiro atoms. The van der Waals surface area contributed by atoms with Crippen molar-refractivity contribution in [1.29, 1.82) is 0 Å². The van der Waals surface area contributed by atoms with E-state index >= 15 is 0 Å². The van der Waals surface area contributed by atoms with Crippen molar-refractivity contribution in [3.05, 3.63) is 65.2 Å². The van der Waals surface area contributed by atoms with E-state index in [0.29, 0.717) is 0 Å². The molecule has 0 saturated heterocycles. The Hall–Kier alpha value is -2.29. The molecule has 0 bridgehead atoms. The second kappa shape index (κ2) is 6.65. The van der Waals surface area contributed by atoms with E-state index in [-0.39, 0.29) is 12.1 Å². The van der Waals surface area contributed by atoms with Gasteiger partial charge in [0.1, 0.15) is 0 Å². The van der Waals surface area contributed by atoms with Crippen LogP contribution in [0.2, 0.25) is 0 Å². The van der Waals surface area contributed by atoms with Crippen LogP contribution in [0.5, 0.6) is 0 Å². The molecule has 0 aromatic heterocycles. The van der Waals surface area contributed by atoms with Crippen LogP contribution in [0, 0.1) is 0 Å². The molecule has 2 aromatic carbocycles. The van der Waals surface area contributed by atoms with Crippen LogP contribution in [0.15, 0.2) is 48.5 Å². The first-order chi connectivity index (χ1) is 10.8. The van der Waals surface area contributed by atoms with Crippen molar-refractivity contribution in [3.63, 3.8) is 0 Å². The third kappa shape index (κ3) is 3.30. The molecule has 1 aliphatic carbocycles. The number of amides is 2. The van der Waals surface area contributed by atoms with Gasteiger partial charge in [0.05, 0.1) is 6.04 Å². The minimum absolute atomic E-state index is 0.0376. The van der Waals surface area contributed by atoms with Gasteiger partial charge in [-0.3, -0.25) is 0 Å². The van der Waals surface area contributed by atoms with Gasteiger partial charge < -0.3 is 10.6 Å². The molecule has 2 N–H and O–H groups in total. The van der Waals surface area contributed by atoms with Crippen molar-refractivity contribution in [1.82, 2.24) is 5.32 Å². The summed E-state index contributed by atoms with van der Waals surface area (Å²) in [5.74, 6) is 0. The first kappa shape index (κ1) is 14.6. The number of hydrogen-bond donors (Lipinski definition) is 2. The summed E-state index contributed by atoms with van der Waals surface area (Å²) in [4.78, 5) is 12.2. The van der Waals surface area contributed by atoms with Crippen LogP contribution in [0.25, 0.3) is 0 Å². The molecule has 2 amide bonds. The van der Waals surface area contributed by atoms with E-state index in [1.807, 2.05) is 36.4 Å². The molecule has 3 rings (SSSR count). The average molecular weight is 294 g/mol. The van der Waals surface area contributed by atoms with Gasteiger partial charge in [-0.1, -0.05) is 43.3 Å². The van der Waals surface area contributed by atoms with Gasteiger partial charge in [-0.2, -0.15) is 0 Å². The summed E-state index contributed by atoms with van der Waals surface area (Å²) in [5, 5.41) is 6.01. The Kier molecular flexibility index (Phi) is 4.42. The zero-order valence-electron chi connectivity index (χ0n) is 12.9. The lowest BCUT2D eigenvalue weighted by molar-refractivity contribution is 0.248. The third-order valence-corrected chi connectivity index (χ3v) is 4.27. The Bertz CT molecular complexity index is 652. The van der Waals surface area contributed by atoms with Gasteiger partial charge in [-0.15, -0.1) is 0 Å². The molecule has 1 atom stereocenters. The van der Waals surface area contributed by atoms with Crippen LogP contribution in [0.4, 0.5) is 10.5 Å². The van der Waals surface area contributed by atoms with E-state index in [1.165, 1.54) is 17.5 Å². The first-order valence-corrected chi connectivity index (χ1v) is 8.00. The van der Waals surface area contributed by atoms with Gasteiger partial charge in [0, 0.05) is 5.69 Å². The van der Waals surface area contributed by atoms with Crippen LogP contribution < -0.4 is 10.6 Å². The lowest BCUT2D eigenvalue weighted by Gasteiger charge is -2.18. The fourth-order valence-electron chi connectivity index (χ4n) is 3.08. The van der Waals surface area contributed by atoms with E-state index in [9.17, 15) is 4.79 Å². The molecule has 1 aliphatic rings. The maximum absolute atomic E-state index is 12.2. The highest BCUT2D eigenvalue weighted by molar-refractivity contribution is 5.89. The smallest absolute Gasteiger partial charge is 0.319 e. The Morgan fingerprint density at radius 3 is 2.64 bits per heavy atom. The van der Waals surface area contributed by atoms with Crippen molar-refractivity contribution in [3.8, 4) is 0 Å². The minimum atomic E-state index is -0.145. The van der Waals surface area contributed by atoms with Crippen LogP contribution in [0.1, 0.15) is 42.5 Å². The predicted octanol–water partition coefficient (Wildman–Crippen LogP) is 4.45. The fraction of sp³-hybridized carbons (Fsp3) is 0.316. The highest BCUT2D eigenvalue weighted by Gasteiger charge is 2.14. The van der Waals surface area contributed by atoms with Crippen molar-refractivity contribution in [2.75, 3.05) is 5.32 Å². The number of hydrogen-bond acceptors (Lipinski definition) is 1. The van der Waals surface area contributed by atoms with Crippen LogP contribution in [-0.2, 0) is 12.8 Å². The Labute approximate surface area is 131 Å². The van der Waals surface area contributed by atoms with Gasteiger partial charge in [-0.05, 0) is 54.5 Å². The molecule has 114 valence electrons. The van der Waals surface area contributed by atoms with Gasteiger partial charge in [-0.25, -0.2) is 4.79 Å². The molecule has 3 heteroatoms. The second-order valence-electron chi connectivity index (χ2n) is 5.81. The minimum Gasteiger partial charge on any atom is -0.331 e. The van der Waals surface area contributed by atoms with E-state index in [1.54, 1.807) is 0 Å². The molecule has 0 fully saturated rings. The van der Waals surface area contributed by atoms with Gasteiger partial charge in [0.2, 0.25) is 0 Å². The van der Waals surface area contributed by atoms with E-state index in [2.05, 4.69) is 29.7 Å². The largest absolute Gasteiger partial charge is 0.331 e. The third-order valence-electron chi connectivity index (χ3n) is 4.27. The molecule has 0 radical (unpaired) electrons. The summed E-state index contributed by atoms with van der Waals surface area (Å²) in [6.07, 6.45) is 4.36. The standard InChI is InChI=1S/C19H22N2O/c1-2-18(15-7-4-3-5-8-15)21-19(22)20-17-12-11-14-9-6-10-16(14)13-17/h3-5,7-8,11-13,18H,2,6,9-10H2,1H3,(H2,20,21,22)/t18-/m0/s1. The Morgan fingerprint density at radius 1 is 1.09 bits per heavy atom. The fourth-order valence-corrected chi connectivity index (χ4v) is 3.08. The number of anilines is 1. The number of benzene rings is 2. The van der Waals surface area contributed by atoms with Crippen LogP contribution >= 0.6 is 0 Å². The number of rotatable bonds is 4. The van der Waals surface area contributed by atoms with Gasteiger partial charge in [0.25, 0.3) is 0 Å². The second-order valence-corrected chi connectivity index (χ2v) is 5.81. The van der Waals surface area contributed by atoms with Crippen molar-refractivity contribution >= 4 is 11.7 Å². The Morgan fingerprint density at radius 2 is 1.86 bits per heavy atom. The maximum atomic E-state index is 12.2. The van der Waals surface area contributed by atoms with Crippen LogP contribution in [-0.4, -0.2) is 6.03 Å². The molecule has 0 heterocycles. The van der Waals surface area contributed by atoms with Crippen LogP contribution in [0.3, 0.4) is 0 Å². The molecular weight excluding hydrogens is 272 g/mol. The highest BCUT2D eigenvalue weighted by atomic mass is 16.2. The molecule has 0 unspecified atom stereocenters. The van der Waals surface area contributed by atoms with E-state index < -0.39 is 0 Å². The summed E-state index contributed by atoms with van der Waals surface area (Å²) in [7, 11) is 0. The molecule has 0 saturated carbocycles.